The first-order valence-corrected chi connectivity index (χ1v) is 14.2. The fraction of sp³-hybridized carbons (Fsp3) is 0.310. The number of benzene rings is 3. The summed E-state index contributed by atoms with van der Waals surface area (Å²) in [6.45, 7) is 5.23. The number of alkyl halides is 3. The molecular weight excluding hydrogens is 561 g/mol. The van der Waals surface area contributed by atoms with Crippen molar-refractivity contribution < 1.29 is 41.4 Å². The minimum absolute atomic E-state index is 0.0426. The van der Waals surface area contributed by atoms with Crippen LogP contribution in [0.5, 0.6) is 0 Å². The van der Waals surface area contributed by atoms with E-state index in [2.05, 4.69) is 33.9 Å². The van der Waals surface area contributed by atoms with Gasteiger partial charge in [-0.25, -0.2) is 18.0 Å². The summed E-state index contributed by atoms with van der Waals surface area (Å²) in [7, 11) is -3.89. The zero-order valence-electron chi connectivity index (χ0n) is 22.5. The smallest absolute Gasteiger partial charge is 0.478 e. The molecule has 0 unspecified atom stereocenters. The first-order valence-electron chi connectivity index (χ1n) is 12.7. The number of hydrogen-bond acceptors (Lipinski definition) is 5. The average molecular weight is 593 g/mol. The normalized spacial score (nSPS) is 14.1. The summed E-state index contributed by atoms with van der Waals surface area (Å²) in [5.41, 5.74) is 3.99. The number of piperidine rings is 1. The van der Waals surface area contributed by atoms with Gasteiger partial charge >= 0.3 is 18.1 Å². The van der Waals surface area contributed by atoms with Crippen LogP contribution in [0.25, 0.3) is 0 Å². The number of aryl methyl sites for hydroxylation is 2. The molecule has 1 aliphatic rings. The molecule has 3 aromatic rings. The molecule has 1 aliphatic heterocycles. The lowest BCUT2D eigenvalue weighted by molar-refractivity contribution is -0.192. The van der Waals surface area contributed by atoms with E-state index in [9.17, 15) is 31.5 Å². The molecule has 12 heteroatoms. The van der Waals surface area contributed by atoms with Crippen molar-refractivity contribution in [2.75, 3.05) is 22.7 Å². The summed E-state index contributed by atoms with van der Waals surface area (Å²) in [5, 5.41) is 16.6. The second kappa shape index (κ2) is 13.1. The van der Waals surface area contributed by atoms with E-state index < -0.39 is 28.1 Å². The Balaban J connectivity index is 0.000000587. The standard InChI is InChI=1S/C27H30N2O4S.C2HF3O2/c1-19-8-11-26(20(2)16-19)34(32,33)28-24-18-23(27(30)31)9-10-25(24)29-14-12-22(13-15-29)17-21-6-4-3-5-7-21;3-2(4,5)1(6)7/h3-11,16,18,22,28H,12-15,17H2,1-2H3,(H,30,31);(H,6,7). The fourth-order valence-electron chi connectivity index (χ4n) is 4.65. The summed E-state index contributed by atoms with van der Waals surface area (Å²) in [6.07, 6.45) is -2.09. The number of hydrogen-bond donors (Lipinski definition) is 3. The third-order valence-electron chi connectivity index (χ3n) is 6.67. The predicted molar refractivity (Wildman–Crippen MR) is 149 cm³/mol. The van der Waals surface area contributed by atoms with E-state index in [-0.39, 0.29) is 10.5 Å². The Labute approximate surface area is 236 Å². The van der Waals surface area contributed by atoms with Gasteiger partial charge < -0.3 is 15.1 Å². The van der Waals surface area contributed by atoms with Crippen molar-refractivity contribution in [1.29, 1.82) is 0 Å². The molecule has 1 saturated heterocycles. The molecule has 1 heterocycles. The Hall–Kier alpha value is -4.06. The van der Waals surface area contributed by atoms with E-state index in [1.54, 1.807) is 25.1 Å². The molecule has 0 radical (unpaired) electrons. The minimum atomic E-state index is -5.08. The zero-order chi connectivity index (χ0) is 30.4. The maximum absolute atomic E-state index is 13.2. The van der Waals surface area contributed by atoms with Gasteiger partial charge in [-0.2, -0.15) is 13.2 Å². The maximum Gasteiger partial charge on any atom is 0.490 e. The Morgan fingerprint density at radius 1 is 0.951 bits per heavy atom. The Bertz CT molecular complexity index is 1490. The predicted octanol–water partition coefficient (Wildman–Crippen LogP) is 5.89. The maximum atomic E-state index is 13.2. The average Bonchev–Trinajstić information content (AvgIpc) is 2.89. The molecule has 3 N–H and O–H groups in total. The number of carboxylic acids is 2. The van der Waals surface area contributed by atoms with Crippen LogP contribution >= 0.6 is 0 Å². The van der Waals surface area contributed by atoms with Gasteiger partial charge in [0.2, 0.25) is 0 Å². The van der Waals surface area contributed by atoms with Gasteiger partial charge in [0.15, 0.2) is 0 Å². The lowest BCUT2D eigenvalue weighted by Crippen LogP contribution is -2.35. The second-order valence-corrected chi connectivity index (χ2v) is 11.5. The number of halogens is 3. The number of nitrogens with one attached hydrogen (secondary N) is 1. The molecule has 41 heavy (non-hydrogen) atoms. The summed E-state index contributed by atoms with van der Waals surface area (Å²) in [5.74, 6) is -3.29. The van der Waals surface area contributed by atoms with E-state index in [1.807, 2.05) is 19.1 Å². The van der Waals surface area contributed by atoms with E-state index in [1.165, 1.54) is 17.7 Å². The van der Waals surface area contributed by atoms with Crippen molar-refractivity contribution in [2.45, 2.75) is 44.2 Å². The van der Waals surface area contributed by atoms with Gasteiger partial charge in [0, 0.05) is 13.1 Å². The van der Waals surface area contributed by atoms with Crippen LogP contribution in [0, 0.1) is 19.8 Å². The number of aromatic carboxylic acids is 1. The SMILES string of the molecule is Cc1ccc(S(=O)(=O)Nc2cc(C(=O)O)ccc2N2CCC(Cc3ccccc3)CC2)c(C)c1.O=C(O)C(F)(F)F. The molecule has 1 fully saturated rings. The van der Waals surface area contributed by atoms with Crippen LogP contribution in [-0.2, 0) is 21.2 Å². The molecule has 0 atom stereocenters. The summed E-state index contributed by atoms with van der Waals surface area (Å²) < 4.78 is 60.9. The molecule has 0 saturated carbocycles. The number of carboxylic acid groups (broad SMARTS) is 2. The van der Waals surface area contributed by atoms with Gasteiger partial charge in [-0.3, -0.25) is 4.72 Å². The van der Waals surface area contributed by atoms with Gasteiger partial charge in [0.05, 0.1) is 21.8 Å². The Morgan fingerprint density at radius 2 is 1.56 bits per heavy atom. The molecule has 0 bridgehead atoms. The molecule has 3 aromatic carbocycles. The van der Waals surface area contributed by atoms with Crippen LogP contribution in [0.2, 0.25) is 0 Å². The van der Waals surface area contributed by atoms with Crippen molar-refractivity contribution in [3.8, 4) is 0 Å². The first kappa shape index (κ1) is 31.5. The number of rotatable bonds is 7. The van der Waals surface area contributed by atoms with Crippen LogP contribution in [-0.4, -0.2) is 49.8 Å². The van der Waals surface area contributed by atoms with Crippen LogP contribution in [0.1, 0.15) is 39.9 Å². The molecule has 220 valence electrons. The molecule has 4 rings (SSSR count). The summed E-state index contributed by atoms with van der Waals surface area (Å²) in [4.78, 5) is 22.8. The summed E-state index contributed by atoms with van der Waals surface area (Å²) >= 11 is 0. The highest BCUT2D eigenvalue weighted by Gasteiger charge is 2.38. The highest BCUT2D eigenvalue weighted by Crippen LogP contribution is 2.34. The van der Waals surface area contributed by atoms with Crippen molar-refractivity contribution in [2.24, 2.45) is 5.92 Å². The van der Waals surface area contributed by atoms with Crippen LogP contribution in [0.15, 0.2) is 71.6 Å². The molecule has 0 aromatic heterocycles. The van der Waals surface area contributed by atoms with E-state index in [4.69, 9.17) is 9.90 Å². The molecule has 0 aliphatic carbocycles. The third-order valence-corrected chi connectivity index (χ3v) is 8.20. The Morgan fingerprint density at radius 3 is 2.10 bits per heavy atom. The number of anilines is 2. The number of nitrogens with zero attached hydrogens (tertiary/aromatic N) is 1. The van der Waals surface area contributed by atoms with Gasteiger partial charge in [0.25, 0.3) is 10.0 Å². The Kier molecular flexibility index (Phi) is 10.0. The largest absolute Gasteiger partial charge is 0.490 e. The number of carbonyl (C=O) groups is 2. The highest BCUT2D eigenvalue weighted by molar-refractivity contribution is 7.92. The second-order valence-electron chi connectivity index (χ2n) is 9.83. The van der Waals surface area contributed by atoms with E-state index >= 15 is 0 Å². The van der Waals surface area contributed by atoms with Crippen LogP contribution in [0.3, 0.4) is 0 Å². The minimum Gasteiger partial charge on any atom is -0.478 e. The van der Waals surface area contributed by atoms with Crippen LogP contribution < -0.4 is 9.62 Å². The zero-order valence-corrected chi connectivity index (χ0v) is 23.3. The molecule has 8 nitrogen and oxygen atoms in total. The molecule has 0 amide bonds. The topological polar surface area (TPSA) is 124 Å². The number of sulfonamides is 1. The first-order chi connectivity index (χ1) is 19.2. The van der Waals surface area contributed by atoms with Crippen LogP contribution in [0.4, 0.5) is 24.5 Å². The van der Waals surface area contributed by atoms with Crippen molar-refractivity contribution in [3.05, 3.63) is 89.0 Å². The third kappa shape index (κ3) is 8.71. The highest BCUT2D eigenvalue weighted by atomic mass is 32.2. The van der Waals surface area contributed by atoms with Gasteiger partial charge in [-0.05, 0) is 74.4 Å². The molecule has 0 spiro atoms. The van der Waals surface area contributed by atoms with E-state index in [0.29, 0.717) is 22.9 Å². The van der Waals surface area contributed by atoms with Crippen molar-refractivity contribution >= 4 is 33.3 Å². The van der Waals surface area contributed by atoms with Crippen molar-refractivity contribution in [1.82, 2.24) is 0 Å². The van der Waals surface area contributed by atoms with Crippen molar-refractivity contribution in [3.63, 3.8) is 0 Å². The fourth-order valence-corrected chi connectivity index (χ4v) is 5.95. The van der Waals surface area contributed by atoms with Gasteiger partial charge in [-0.1, -0.05) is 48.0 Å². The lowest BCUT2D eigenvalue weighted by Gasteiger charge is -2.35. The molecular formula is C29H31F3N2O6S. The van der Waals surface area contributed by atoms with E-state index in [0.717, 1.165) is 37.9 Å². The summed E-state index contributed by atoms with van der Waals surface area (Å²) in [6, 6.07) is 20.3. The lowest BCUT2D eigenvalue weighted by atomic mass is 9.90. The van der Waals surface area contributed by atoms with Gasteiger partial charge in [-0.15, -0.1) is 0 Å². The quantitative estimate of drug-likeness (QED) is 0.312. The monoisotopic (exact) mass is 592 g/mol. The van der Waals surface area contributed by atoms with Gasteiger partial charge in [0.1, 0.15) is 0 Å². The number of aliphatic carboxylic acids is 1.